The first kappa shape index (κ1) is 19.3. The second kappa shape index (κ2) is 7.78. The first-order chi connectivity index (χ1) is 13.9. The number of nitrogens with one attached hydrogen (secondary N) is 2. The van der Waals surface area contributed by atoms with E-state index < -0.39 is 6.09 Å². The fourth-order valence-electron chi connectivity index (χ4n) is 2.96. The van der Waals surface area contributed by atoms with E-state index in [1.807, 2.05) is 32.0 Å². The number of anilines is 1. The smallest absolute Gasteiger partial charge is 0.410 e. The van der Waals surface area contributed by atoms with Gasteiger partial charge in [-0.1, -0.05) is 35.3 Å². The van der Waals surface area contributed by atoms with Crippen molar-refractivity contribution >= 4 is 46.0 Å². The fourth-order valence-corrected chi connectivity index (χ4v) is 3.54. The van der Waals surface area contributed by atoms with Crippen LogP contribution in [0.5, 0.6) is 5.75 Å². The summed E-state index contributed by atoms with van der Waals surface area (Å²) in [6.45, 7) is 4.00. The van der Waals surface area contributed by atoms with Crippen molar-refractivity contribution in [3.8, 4) is 17.1 Å². The second-order valence-electron chi connectivity index (χ2n) is 6.67. The van der Waals surface area contributed by atoms with E-state index in [2.05, 4.69) is 15.3 Å². The molecule has 0 aliphatic heterocycles. The number of aryl methyl sites for hydroxylation is 2. The van der Waals surface area contributed by atoms with Crippen molar-refractivity contribution in [1.82, 2.24) is 9.97 Å². The third-order valence-electron chi connectivity index (χ3n) is 4.62. The van der Waals surface area contributed by atoms with Crippen molar-refractivity contribution in [1.29, 1.82) is 0 Å². The molecule has 3 aromatic carbocycles. The largest absolute Gasteiger partial charge is 0.417 e. The molecule has 0 atom stereocenters. The maximum atomic E-state index is 12.2. The number of ether oxygens (including phenoxy) is 1. The summed E-state index contributed by atoms with van der Waals surface area (Å²) in [7, 11) is 0. The Kier molecular flexibility index (Phi) is 5.18. The van der Waals surface area contributed by atoms with Gasteiger partial charge in [0.25, 0.3) is 0 Å². The van der Waals surface area contributed by atoms with Crippen LogP contribution in [0, 0.1) is 13.8 Å². The molecule has 0 unspecified atom stereocenters. The van der Waals surface area contributed by atoms with Crippen LogP contribution in [0.2, 0.25) is 10.0 Å². The number of aromatic amines is 1. The predicted molar refractivity (Wildman–Crippen MR) is 117 cm³/mol. The van der Waals surface area contributed by atoms with Crippen LogP contribution in [0.1, 0.15) is 11.1 Å². The number of halogens is 2. The fraction of sp³-hybridized carbons (Fsp3) is 0.0909. The molecule has 0 bridgehead atoms. The first-order valence-electron chi connectivity index (χ1n) is 8.91. The molecule has 0 saturated heterocycles. The van der Waals surface area contributed by atoms with Crippen molar-refractivity contribution < 1.29 is 9.53 Å². The third kappa shape index (κ3) is 4.06. The van der Waals surface area contributed by atoms with Crippen LogP contribution in [-0.4, -0.2) is 16.1 Å². The molecule has 0 fully saturated rings. The van der Waals surface area contributed by atoms with Gasteiger partial charge < -0.3 is 9.72 Å². The Bertz CT molecular complexity index is 1210. The average Bonchev–Trinajstić information content (AvgIpc) is 3.07. The van der Waals surface area contributed by atoms with E-state index >= 15 is 0 Å². The van der Waals surface area contributed by atoms with Gasteiger partial charge >= 0.3 is 6.09 Å². The summed E-state index contributed by atoms with van der Waals surface area (Å²) >= 11 is 12.5. The van der Waals surface area contributed by atoms with E-state index in [-0.39, 0.29) is 0 Å². The van der Waals surface area contributed by atoms with Gasteiger partial charge in [-0.3, -0.25) is 5.32 Å². The van der Waals surface area contributed by atoms with Crippen LogP contribution in [0.3, 0.4) is 0 Å². The van der Waals surface area contributed by atoms with Crippen molar-refractivity contribution in [2.45, 2.75) is 13.8 Å². The standard InChI is InChI=1S/C22H17Cl2N3O2/c1-12-6-7-14(10-13(12)2)25-22(28)29-15-8-9-18-19(11-15)27-21(26-18)20-16(23)4-3-5-17(20)24/h3-11H,1-2H3,(H,25,28)(H,26,27). The van der Waals surface area contributed by atoms with Crippen molar-refractivity contribution in [2.75, 3.05) is 5.32 Å². The number of rotatable bonds is 3. The maximum Gasteiger partial charge on any atom is 0.417 e. The highest BCUT2D eigenvalue weighted by atomic mass is 35.5. The number of benzene rings is 3. The van der Waals surface area contributed by atoms with E-state index in [0.29, 0.717) is 43.9 Å². The zero-order valence-corrected chi connectivity index (χ0v) is 17.2. The summed E-state index contributed by atoms with van der Waals surface area (Å²) in [5.41, 5.74) is 4.96. The summed E-state index contributed by atoms with van der Waals surface area (Å²) < 4.78 is 5.41. The SMILES string of the molecule is Cc1ccc(NC(=O)Oc2ccc3nc(-c4c(Cl)cccc4Cl)[nH]c3c2)cc1C. The number of fused-ring (bicyclic) bond motifs is 1. The number of aromatic nitrogens is 2. The van der Waals surface area contributed by atoms with Gasteiger partial charge in [0, 0.05) is 11.8 Å². The molecule has 0 aliphatic carbocycles. The van der Waals surface area contributed by atoms with Gasteiger partial charge in [-0.15, -0.1) is 0 Å². The summed E-state index contributed by atoms with van der Waals surface area (Å²) in [5, 5.41) is 3.73. The van der Waals surface area contributed by atoms with Crippen LogP contribution < -0.4 is 10.1 Å². The number of hydrogen-bond donors (Lipinski definition) is 2. The molecule has 7 heteroatoms. The molecule has 146 valence electrons. The molecule has 29 heavy (non-hydrogen) atoms. The Balaban J connectivity index is 1.56. The topological polar surface area (TPSA) is 67.0 Å². The second-order valence-corrected chi connectivity index (χ2v) is 7.49. The van der Waals surface area contributed by atoms with Gasteiger partial charge in [0.05, 0.1) is 26.6 Å². The van der Waals surface area contributed by atoms with Crippen molar-refractivity contribution in [2.24, 2.45) is 0 Å². The number of imidazole rings is 1. The zero-order chi connectivity index (χ0) is 20.5. The maximum absolute atomic E-state index is 12.2. The van der Waals surface area contributed by atoms with E-state index in [1.165, 1.54) is 0 Å². The predicted octanol–water partition coefficient (Wildman–Crippen LogP) is 6.76. The molecule has 2 N–H and O–H groups in total. The van der Waals surface area contributed by atoms with Gasteiger partial charge in [-0.2, -0.15) is 0 Å². The molecule has 4 rings (SSSR count). The Morgan fingerprint density at radius 3 is 2.48 bits per heavy atom. The average molecular weight is 426 g/mol. The van der Waals surface area contributed by atoms with Crippen LogP contribution in [0.4, 0.5) is 10.5 Å². The number of amides is 1. The molecule has 1 heterocycles. The Hall–Kier alpha value is -3.02. The van der Waals surface area contributed by atoms with E-state index in [9.17, 15) is 4.79 Å². The van der Waals surface area contributed by atoms with Gasteiger partial charge in [-0.05, 0) is 61.4 Å². The number of hydrogen-bond acceptors (Lipinski definition) is 3. The molecular weight excluding hydrogens is 409 g/mol. The molecule has 0 aliphatic rings. The lowest BCUT2D eigenvalue weighted by Crippen LogP contribution is -2.16. The molecule has 4 aromatic rings. The van der Waals surface area contributed by atoms with Crippen LogP contribution >= 0.6 is 23.2 Å². The first-order valence-corrected chi connectivity index (χ1v) is 9.66. The summed E-state index contributed by atoms with van der Waals surface area (Å²) in [5.74, 6) is 0.937. The molecular formula is C22H17Cl2N3O2. The number of H-pyrrole nitrogens is 1. The highest BCUT2D eigenvalue weighted by Gasteiger charge is 2.14. The van der Waals surface area contributed by atoms with Crippen molar-refractivity contribution in [3.05, 3.63) is 75.8 Å². The minimum atomic E-state index is -0.568. The highest BCUT2D eigenvalue weighted by Crippen LogP contribution is 2.34. The Labute approximate surface area is 177 Å². The third-order valence-corrected chi connectivity index (χ3v) is 5.25. The minimum absolute atomic E-state index is 0.388. The zero-order valence-electron chi connectivity index (χ0n) is 15.7. The lowest BCUT2D eigenvalue weighted by molar-refractivity contribution is 0.215. The Morgan fingerprint density at radius 1 is 1.00 bits per heavy atom. The lowest BCUT2D eigenvalue weighted by Gasteiger charge is -2.08. The molecule has 0 radical (unpaired) electrons. The van der Waals surface area contributed by atoms with Gasteiger partial charge in [0.15, 0.2) is 0 Å². The number of carbonyl (C=O) groups is 1. The quantitative estimate of drug-likeness (QED) is 0.380. The van der Waals surface area contributed by atoms with E-state index in [1.54, 1.807) is 36.4 Å². The summed E-state index contributed by atoms with van der Waals surface area (Å²) in [6, 6.07) is 16.1. The van der Waals surface area contributed by atoms with Gasteiger partial charge in [-0.25, -0.2) is 9.78 Å². The van der Waals surface area contributed by atoms with Gasteiger partial charge in [0.2, 0.25) is 0 Å². The van der Waals surface area contributed by atoms with Crippen LogP contribution in [0.25, 0.3) is 22.4 Å². The van der Waals surface area contributed by atoms with Crippen molar-refractivity contribution in [3.63, 3.8) is 0 Å². The molecule has 0 saturated carbocycles. The van der Waals surface area contributed by atoms with E-state index in [4.69, 9.17) is 27.9 Å². The summed E-state index contributed by atoms with van der Waals surface area (Å²) in [4.78, 5) is 19.9. The summed E-state index contributed by atoms with van der Waals surface area (Å²) in [6.07, 6.45) is -0.568. The minimum Gasteiger partial charge on any atom is -0.410 e. The molecule has 5 nitrogen and oxygen atoms in total. The highest BCUT2D eigenvalue weighted by molar-refractivity contribution is 6.39. The molecule has 1 aromatic heterocycles. The number of nitrogens with zero attached hydrogens (tertiary/aromatic N) is 1. The lowest BCUT2D eigenvalue weighted by atomic mass is 10.1. The molecule has 0 spiro atoms. The van der Waals surface area contributed by atoms with Crippen LogP contribution in [-0.2, 0) is 0 Å². The monoisotopic (exact) mass is 425 g/mol. The normalized spacial score (nSPS) is 10.9. The van der Waals surface area contributed by atoms with E-state index in [0.717, 1.165) is 11.1 Å². The Morgan fingerprint density at radius 2 is 1.76 bits per heavy atom. The van der Waals surface area contributed by atoms with Gasteiger partial charge in [0.1, 0.15) is 11.6 Å². The molecule has 1 amide bonds. The number of carbonyl (C=O) groups excluding carboxylic acids is 1. The van der Waals surface area contributed by atoms with Crippen LogP contribution in [0.15, 0.2) is 54.6 Å².